The zero-order valence-electron chi connectivity index (χ0n) is 14.2. The second-order valence-corrected chi connectivity index (χ2v) is 6.58. The lowest BCUT2D eigenvalue weighted by Crippen LogP contribution is -2.29. The molecule has 0 fully saturated rings. The van der Waals surface area contributed by atoms with Crippen molar-refractivity contribution in [3.8, 4) is 0 Å². The maximum absolute atomic E-state index is 12.2. The van der Waals surface area contributed by atoms with E-state index in [1.54, 1.807) is 4.52 Å². The van der Waals surface area contributed by atoms with E-state index < -0.39 is 0 Å². The van der Waals surface area contributed by atoms with Crippen LogP contribution in [0.15, 0.2) is 35.5 Å². The molecular weight excluding hydrogens is 336 g/mol. The van der Waals surface area contributed by atoms with Crippen LogP contribution in [-0.2, 0) is 5.75 Å². The molecule has 0 aliphatic rings. The number of fused-ring (bicyclic) bond motifs is 1. The topological polar surface area (TPSA) is 98.2 Å². The summed E-state index contributed by atoms with van der Waals surface area (Å²) in [5.41, 5.74) is 8.93. The van der Waals surface area contributed by atoms with E-state index in [4.69, 9.17) is 5.73 Å². The summed E-state index contributed by atoms with van der Waals surface area (Å²) in [5, 5.41) is 7.92. The Hall–Kier alpha value is -2.45. The highest BCUT2D eigenvalue weighted by atomic mass is 32.2. The number of benzene rings is 1. The van der Waals surface area contributed by atoms with E-state index >= 15 is 0 Å². The molecule has 0 radical (unpaired) electrons. The van der Waals surface area contributed by atoms with Crippen molar-refractivity contribution >= 4 is 23.4 Å². The van der Waals surface area contributed by atoms with Gasteiger partial charge in [0.05, 0.1) is 0 Å². The van der Waals surface area contributed by atoms with Gasteiger partial charge in [-0.25, -0.2) is 9.50 Å². The van der Waals surface area contributed by atoms with Crippen LogP contribution in [0, 0.1) is 13.8 Å². The maximum Gasteiger partial charge on any atom is 0.253 e. The normalized spacial score (nSPS) is 11.0. The summed E-state index contributed by atoms with van der Waals surface area (Å²) >= 11 is 1.48. The minimum Gasteiger partial charge on any atom is -0.351 e. The van der Waals surface area contributed by atoms with Gasteiger partial charge in [0.25, 0.3) is 11.7 Å². The van der Waals surface area contributed by atoms with Gasteiger partial charge in [-0.1, -0.05) is 30.0 Å². The van der Waals surface area contributed by atoms with E-state index in [9.17, 15) is 4.79 Å². The van der Waals surface area contributed by atoms with Gasteiger partial charge < -0.3 is 11.1 Å². The highest BCUT2D eigenvalue weighted by Crippen LogP contribution is 2.22. The predicted octanol–water partition coefficient (Wildman–Crippen LogP) is 1.72. The number of nitrogens with two attached hydrogens (primary N) is 1. The van der Waals surface area contributed by atoms with Crippen LogP contribution < -0.4 is 11.1 Å². The molecule has 0 spiro atoms. The van der Waals surface area contributed by atoms with E-state index in [-0.39, 0.29) is 5.91 Å². The lowest BCUT2D eigenvalue weighted by atomic mass is 10.1. The Morgan fingerprint density at radius 2 is 2.08 bits per heavy atom. The van der Waals surface area contributed by atoms with Crippen molar-refractivity contribution in [3.05, 3.63) is 52.8 Å². The molecule has 0 saturated carbocycles. The molecule has 2 heterocycles. The van der Waals surface area contributed by atoms with E-state index in [2.05, 4.69) is 20.4 Å². The predicted molar refractivity (Wildman–Crippen MR) is 97.6 cm³/mol. The molecule has 0 aliphatic carbocycles. The van der Waals surface area contributed by atoms with Gasteiger partial charge in [-0.3, -0.25) is 4.79 Å². The molecule has 8 heteroatoms. The van der Waals surface area contributed by atoms with Crippen molar-refractivity contribution in [2.24, 2.45) is 5.73 Å². The van der Waals surface area contributed by atoms with Crippen molar-refractivity contribution in [1.29, 1.82) is 0 Å². The monoisotopic (exact) mass is 356 g/mol. The number of carbonyl (C=O) groups excluding carboxylic acids is 1. The number of aromatic nitrogens is 4. The van der Waals surface area contributed by atoms with Crippen molar-refractivity contribution in [3.63, 3.8) is 0 Å². The molecule has 3 rings (SSSR count). The van der Waals surface area contributed by atoms with Crippen molar-refractivity contribution < 1.29 is 4.79 Å². The number of hydrogen-bond donors (Lipinski definition) is 2. The molecule has 0 unspecified atom stereocenters. The molecule has 3 aromatic rings. The fourth-order valence-electron chi connectivity index (χ4n) is 2.50. The van der Waals surface area contributed by atoms with Crippen LogP contribution in [0.2, 0.25) is 0 Å². The van der Waals surface area contributed by atoms with E-state index in [1.165, 1.54) is 11.8 Å². The second-order valence-electron chi connectivity index (χ2n) is 5.64. The summed E-state index contributed by atoms with van der Waals surface area (Å²) in [6.45, 7) is 4.78. The molecule has 0 bridgehead atoms. The van der Waals surface area contributed by atoms with Crippen LogP contribution >= 0.6 is 11.8 Å². The standard InChI is InChI=1S/C17H20N6OS/c1-11-9-12(2)23-16(20-11)21-17(22-23)25-10-13-5-3-4-6-14(13)15(24)19-8-7-18/h3-6,9H,7-8,10,18H2,1-2H3,(H,19,24). The van der Waals surface area contributed by atoms with Gasteiger partial charge in [0.1, 0.15) is 0 Å². The largest absolute Gasteiger partial charge is 0.351 e. The second kappa shape index (κ2) is 7.62. The number of aryl methyl sites for hydroxylation is 2. The minimum atomic E-state index is -0.113. The molecular formula is C17H20N6OS. The van der Waals surface area contributed by atoms with E-state index in [0.29, 0.717) is 35.3 Å². The Kier molecular flexibility index (Phi) is 5.30. The Morgan fingerprint density at radius 3 is 2.88 bits per heavy atom. The quantitative estimate of drug-likeness (QED) is 0.653. The zero-order chi connectivity index (χ0) is 17.8. The molecule has 7 nitrogen and oxygen atoms in total. The van der Waals surface area contributed by atoms with Crippen LogP contribution in [-0.4, -0.2) is 38.6 Å². The molecule has 0 saturated heterocycles. The molecule has 0 atom stereocenters. The first-order chi connectivity index (χ1) is 12.1. The summed E-state index contributed by atoms with van der Waals surface area (Å²) in [6, 6.07) is 9.49. The minimum absolute atomic E-state index is 0.113. The lowest BCUT2D eigenvalue weighted by Gasteiger charge is -2.08. The van der Waals surface area contributed by atoms with Crippen LogP contribution in [0.3, 0.4) is 0 Å². The molecule has 1 amide bonds. The summed E-state index contributed by atoms with van der Waals surface area (Å²) in [7, 11) is 0. The molecule has 25 heavy (non-hydrogen) atoms. The van der Waals surface area contributed by atoms with Crippen molar-refractivity contribution in [2.75, 3.05) is 13.1 Å². The molecule has 0 aliphatic heterocycles. The van der Waals surface area contributed by atoms with Crippen LogP contribution in [0.4, 0.5) is 0 Å². The Labute approximate surface area is 150 Å². The highest BCUT2D eigenvalue weighted by Gasteiger charge is 2.13. The van der Waals surface area contributed by atoms with Crippen molar-refractivity contribution in [2.45, 2.75) is 24.8 Å². The Bertz CT molecular complexity index is 907. The number of hydrogen-bond acceptors (Lipinski definition) is 6. The molecule has 130 valence electrons. The van der Waals surface area contributed by atoms with E-state index in [1.807, 2.05) is 44.2 Å². The van der Waals surface area contributed by atoms with Gasteiger partial charge in [0.15, 0.2) is 0 Å². The van der Waals surface area contributed by atoms with Crippen molar-refractivity contribution in [1.82, 2.24) is 24.9 Å². The first-order valence-corrected chi connectivity index (χ1v) is 8.97. The summed E-state index contributed by atoms with van der Waals surface area (Å²) in [5.74, 6) is 1.08. The third-order valence-corrected chi connectivity index (χ3v) is 4.53. The molecule has 3 N–H and O–H groups in total. The average Bonchev–Trinajstić information content (AvgIpc) is 3.01. The van der Waals surface area contributed by atoms with Gasteiger partial charge in [0, 0.05) is 35.8 Å². The van der Waals surface area contributed by atoms with Gasteiger partial charge in [0.2, 0.25) is 5.16 Å². The summed E-state index contributed by atoms with van der Waals surface area (Å²) in [6.07, 6.45) is 0. The van der Waals surface area contributed by atoms with Crippen LogP contribution in [0.25, 0.3) is 5.78 Å². The molecule has 2 aromatic heterocycles. The van der Waals surface area contributed by atoms with Crippen LogP contribution in [0.5, 0.6) is 0 Å². The number of amides is 1. The fourth-order valence-corrected chi connectivity index (χ4v) is 3.32. The SMILES string of the molecule is Cc1cc(C)n2nc(SCc3ccccc3C(=O)NCCN)nc2n1. The Morgan fingerprint density at radius 1 is 1.28 bits per heavy atom. The smallest absolute Gasteiger partial charge is 0.253 e. The zero-order valence-corrected chi connectivity index (χ0v) is 15.0. The van der Waals surface area contributed by atoms with Gasteiger partial charge in [-0.15, -0.1) is 5.10 Å². The first kappa shape index (κ1) is 17.4. The van der Waals surface area contributed by atoms with Gasteiger partial charge >= 0.3 is 0 Å². The average molecular weight is 356 g/mol. The number of rotatable bonds is 6. The first-order valence-electron chi connectivity index (χ1n) is 7.98. The number of nitrogens with one attached hydrogen (secondary N) is 1. The van der Waals surface area contributed by atoms with Crippen LogP contribution in [0.1, 0.15) is 27.3 Å². The number of thioether (sulfide) groups is 1. The van der Waals surface area contributed by atoms with Gasteiger partial charge in [-0.05, 0) is 31.5 Å². The lowest BCUT2D eigenvalue weighted by molar-refractivity contribution is 0.0954. The summed E-state index contributed by atoms with van der Waals surface area (Å²) < 4.78 is 1.73. The number of carbonyl (C=O) groups is 1. The van der Waals surface area contributed by atoms with Gasteiger partial charge in [-0.2, -0.15) is 4.98 Å². The maximum atomic E-state index is 12.2. The fraction of sp³-hybridized carbons (Fsp3) is 0.294. The third-order valence-electron chi connectivity index (χ3n) is 3.65. The highest BCUT2D eigenvalue weighted by molar-refractivity contribution is 7.98. The van der Waals surface area contributed by atoms with E-state index in [0.717, 1.165) is 17.0 Å². The molecule has 1 aromatic carbocycles. The number of nitrogens with zero attached hydrogens (tertiary/aromatic N) is 4. The third kappa shape index (κ3) is 3.97. The Balaban J connectivity index is 1.78. The summed E-state index contributed by atoms with van der Waals surface area (Å²) in [4.78, 5) is 21.1.